The molecule has 0 aliphatic heterocycles. The summed E-state index contributed by atoms with van der Waals surface area (Å²) in [6, 6.07) is 8.24. The Morgan fingerprint density at radius 1 is 1.31 bits per heavy atom. The Hall–Kier alpha value is -1.08. The number of hydrogen-bond donors (Lipinski definition) is 1. The quantitative estimate of drug-likeness (QED) is 0.640. The van der Waals surface area contributed by atoms with Crippen LogP contribution in [0.15, 0.2) is 29.8 Å². The second kappa shape index (κ2) is 3.00. The van der Waals surface area contributed by atoms with Gasteiger partial charge >= 0.3 is 0 Å². The summed E-state index contributed by atoms with van der Waals surface area (Å²) in [6.45, 7) is 4.11. The van der Waals surface area contributed by atoms with Crippen LogP contribution < -0.4 is 0 Å². The van der Waals surface area contributed by atoms with E-state index in [4.69, 9.17) is 0 Å². The summed E-state index contributed by atoms with van der Waals surface area (Å²) in [7, 11) is 0. The molecule has 1 unspecified atom stereocenters. The Morgan fingerprint density at radius 3 is 2.69 bits per heavy atom. The number of benzene rings is 1. The highest BCUT2D eigenvalue weighted by Crippen LogP contribution is 2.34. The van der Waals surface area contributed by atoms with Crippen LogP contribution >= 0.6 is 0 Å². The number of aliphatic hydroxyl groups excluding tert-OH is 1. The lowest BCUT2D eigenvalue weighted by molar-refractivity contribution is 0.239. The molecular weight excluding hydrogens is 160 g/mol. The van der Waals surface area contributed by atoms with Crippen molar-refractivity contribution in [1.82, 2.24) is 0 Å². The van der Waals surface area contributed by atoms with Gasteiger partial charge in [0, 0.05) is 6.42 Å². The van der Waals surface area contributed by atoms with Crippen molar-refractivity contribution in [3.05, 3.63) is 41.0 Å². The summed E-state index contributed by atoms with van der Waals surface area (Å²) >= 11 is 0. The lowest BCUT2D eigenvalue weighted by Crippen LogP contribution is -2.04. The van der Waals surface area contributed by atoms with Gasteiger partial charge in [0.15, 0.2) is 0 Å². The molecule has 0 radical (unpaired) electrons. The maximum atomic E-state index is 9.82. The van der Waals surface area contributed by atoms with Gasteiger partial charge < -0.3 is 5.11 Å². The Morgan fingerprint density at radius 2 is 2.00 bits per heavy atom. The number of fused-ring (bicyclic) bond motifs is 1. The molecule has 0 saturated heterocycles. The molecule has 1 heteroatoms. The van der Waals surface area contributed by atoms with Crippen molar-refractivity contribution < 1.29 is 5.11 Å². The van der Waals surface area contributed by atoms with E-state index in [0.29, 0.717) is 0 Å². The van der Waals surface area contributed by atoms with Crippen molar-refractivity contribution in [1.29, 1.82) is 0 Å². The fraction of sp³-hybridized carbons (Fsp3) is 0.333. The molecule has 1 N–H and O–H groups in total. The largest absolute Gasteiger partial charge is 0.388 e. The highest BCUT2D eigenvalue weighted by atomic mass is 16.3. The molecule has 1 aliphatic rings. The summed E-state index contributed by atoms with van der Waals surface area (Å²) in [6.07, 6.45) is 0.485. The van der Waals surface area contributed by atoms with Crippen LogP contribution in [0.3, 0.4) is 0 Å². The molecule has 0 bridgehead atoms. The van der Waals surface area contributed by atoms with Gasteiger partial charge in [-0.15, -0.1) is 0 Å². The van der Waals surface area contributed by atoms with Crippen molar-refractivity contribution in [2.75, 3.05) is 0 Å². The van der Waals surface area contributed by atoms with Gasteiger partial charge in [-0.1, -0.05) is 29.8 Å². The minimum atomic E-state index is -0.289. The van der Waals surface area contributed by atoms with E-state index in [1.54, 1.807) is 0 Å². The SMILES string of the molecule is CC(C)=C1c2ccccc2CC1O. The maximum absolute atomic E-state index is 9.82. The molecule has 1 aromatic rings. The number of rotatable bonds is 0. The first-order valence-electron chi connectivity index (χ1n) is 4.64. The minimum absolute atomic E-state index is 0.289. The van der Waals surface area contributed by atoms with Gasteiger partial charge in [-0.05, 0) is 30.5 Å². The first kappa shape index (κ1) is 8.52. The van der Waals surface area contributed by atoms with Gasteiger partial charge in [-0.2, -0.15) is 0 Å². The number of allylic oxidation sites excluding steroid dienone is 1. The maximum Gasteiger partial charge on any atom is 0.0835 e. The molecule has 1 aromatic carbocycles. The van der Waals surface area contributed by atoms with Gasteiger partial charge in [0.05, 0.1) is 6.10 Å². The molecule has 0 spiro atoms. The standard InChI is InChI=1S/C12H14O/c1-8(2)12-10-6-4-3-5-9(10)7-11(12)13/h3-6,11,13H,7H2,1-2H3. The second-order valence-corrected chi connectivity index (χ2v) is 3.79. The molecule has 0 fully saturated rings. The van der Waals surface area contributed by atoms with Crippen LogP contribution in [0.1, 0.15) is 25.0 Å². The summed E-state index contributed by atoms with van der Waals surface area (Å²) in [4.78, 5) is 0. The third-order valence-electron chi connectivity index (χ3n) is 2.59. The highest BCUT2D eigenvalue weighted by molar-refractivity contribution is 5.77. The molecule has 2 rings (SSSR count). The Labute approximate surface area is 78.7 Å². The molecule has 0 saturated carbocycles. The molecule has 1 atom stereocenters. The van der Waals surface area contributed by atoms with Crippen molar-refractivity contribution >= 4 is 5.57 Å². The van der Waals surface area contributed by atoms with E-state index >= 15 is 0 Å². The van der Waals surface area contributed by atoms with E-state index in [2.05, 4.69) is 26.0 Å². The van der Waals surface area contributed by atoms with E-state index in [9.17, 15) is 5.11 Å². The second-order valence-electron chi connectivity index (χ2n) is 3.79. The Kier molecular flexibility index (Phi) is 1.97. The van der Waals surface area contributed by atoms with Crippen molar-refractivity contribution in [3.63, 3.8) is 0 Å². The average Bonchev–Trinajstić information content (AvgIpc) is 2.39. The normalized spacial score (nSPS) is 20.2. The minimum Gasteiger partial charge on any atom is -0.388 e. The third-order valence-corrected chi connectivity index (χ3v) is 2.59. The summed E-state index contributed by atoms with van der Waals surface area (Å²) in [5.41, 5.74) is 4.84. The third kappa shape index (κ3) is 1.29. The van der Waals surface area contributed by atoms with Crippen LogP contribution in [-0.4, -0.2) is 11.2 Å². The summed E-state index contributed by atoms with van der Waals surface area (Å²) < 4.78 is 0. The smallest absolute Gasteiger partial charge is 0.0835 e. The molecule has 68 valence electrons. The molecule has 1 aliphatic carbocycles. The van der Waals surface area contributed by atoms with Gasteiger partial charge in [0.1, 0.15) is 0 Å². The van der Waals surface area contributed by atoms with Crippen LogP contribution in [-0.2, 0) is 6.42 Å². The zero-order valence-electron chi connectivity index (χ0n) is 8.04. The molecule has 0 aromatic heterocycles. The lowest BCUT2D eigenvalue weighted by atomic mass is 10.0. The van der Waals surface area contributed by atoms with Crippen LogP contribution in [0.25, 0.3) is 5.57 Å². The monoisotopic (exact) mass is 174 g/mol. The van der Waals surface area contributed by atoms with Crippen LogP contribution in [0.2, 0.25) is 0 Å². The molecule has 1 nitrogen and oxygen atoms in total. The zero-order chi connectivity index (χ0) is 9.42. The van der Waals surface area contributed by atoms with Gasteiger partial charge in [-0.3, -0.25) is 0 Å². The van der Waals surface area contributed by atoms with E-state index in [0.717, 1.165) is 12.0 Å². The fourth-order valence-electron chi connectivity index (χ4n) is 2.05. The lowest BCUT2D eigenvalue weighted by Gasteiger charge is -2.07. The summed E-state index contributed by atoms with van der Waals surface area (Å²) in [5, 5.41) is 9.82. The van der Waals surface area contributed by atoms with Crippen LogP contribution in [0, 0.1) is 0 Å². The highest BCUT2D eigenvalue weighted by Gasteiger charge is 2.24. The van der Waals surface area contributed by atoms with Gasteiger partial charge in [0.25, 0.3) is 0 Å². The molecular formula is C12H14O. The number of aliphatic hydroxyl groups is 1. The van der Waals surface area contributed by atoms with Crippen molar-refractivity contribution in [2.24, 2.45) is 0 Å². The van der Waals surface area contributed by atoms with Gasteiger partial charge in [0.2, 0.25) is 0 Å². The van der Waals surface area contributed by atoms with E-state index in [1.165, 1.54) is 16.7 Å². The Bertz CT molecular complexity index is 359. The van der Waals surface area contributed by atoms with Gasteiger partial charge in [-0.25, -0.2) is 0 Å². The van der Waals surface area contributed by atoms with Crippen LogP contribution in [0.4, 0.5) is 0 Å². The van der Waals surface area contributed by atoms with E-state index in [-0.39, 0.29) is 6.10 Å². The summed E-state index contributed by atoms with van der Waals surface area (Å²) in [5.74, 6) is 0. The topological polar surface area (TPSA) is 20.2 Å². The Balaban J connectivity index is 2.60. The predicted octanol–water partition coefficient (Wildman–Crippen LogP) is 2.40. The van der Waals surface area contributed by atoms with Crippen molar-refractivity contribution in [3.8, 4) is 0 Å². The first-order valence-corrected chi connectivity index (χ1v) is 4.64. The van der Waals surface area contributed by atoms with Crippen molar-refractivity contribution in [2.45, 2.75) is 26.4 Å². The first-order chi connectivity index (χ1) is 6.20. The average molecular weight is 174 g/mol. The van der Waals surface area contributed by atoms with E-state index < -0.39 is 0 Å². The zero-order valence-corrected chi connectivity index (χ0v) is 8.04. The predicted molar refractivity (Wildman–Crippen MR) is 54.4 cm³/mol. The molecule has 13 heavy (non-hydrogen) atoms. The molecule has 0 heterocycles. The van der Waals surface area contributed by atoms with Crippen LogP contribution in [0.5, 0.6) is 0 Å². The molecule has 0 amide bonds. The number of hydrogen-bond acceptors (Lipinski definition) is 1. The fourth-order valence-corrected chi connectivity index (χ4v) is 2.05. The van der Waals surface area contributed by atoms with E-state index in [1.807, 2.05) is 12.1 Å².